The fraction of sp³-hybridized carbons (Fsp3) is 0.529. The number of Topliss-reactive ketones (excluding diaryl/α,β-unsaturated/α-hetero) is 1. The Bertz CT molecular complexity index is 429. The smallest absolute Gasteiger partial charge is 0.223 e. The summed E-state index contributed by atoms with van der Waals surface area (Å²) in [6.07, 6.45) is 0.559. The topological polar surface area (TPSA) is 37.4 Å². The van der Waals surface area contributed by atoms with Crippen molar-refractivity contribution in [1.82, 2.24) is 4.90 Å². The maximum atomic E-state index is 12.0. The predicted molar refractivity (Wildman–Crippen MR) is 88.6 cm³/mol. The fourth-order valence-corrected chi connectivity index (χ4v) is 1.95. The van der Waals surface area contributed by atoms with Gasteiger partial charge in [-0.25, -0.2) is 0 Å². The highest BCUT2D eigenvalue weighted by Crippen LogP contribution is 2.09. The van der Waals surface area contributed by atoms with Crippen molar-refractivity contribution in [2.75, 3.05) is 12.4 Å². The Labute approximate surface area is 133 Å². The number of ketones is 1. The van der Waals surface area contributed by atoms with Gasteiger partial charge in [0.25, 0.3) is 0 Å². The van der Waals surface area contributed by atoms with E-state index in [-0.39, 0.29) is 18.1 Å². The molecule has 0 bridgehead atoms. The molecule has 0 aliphatic rings. The van der Waals surface area contributed by atoms with Crippen LogP contribution in [0.4, 0.5) is 0 Å². The van der Waals surface area contributed by atoms with Crippen LogP contribution in [0.1, 0.15) is 44.7 Å². The van der Waals surface area contributed by atoms with Crippen molar-refractivity contribution < 1.29 is 9.59 Å². The molecule has 1 amide bonds. The first-order chi connectivity index (χ1) is 10.0. The van der Waals surface area contributed by atoms with Crippen LogP contribution in [0.2, 0.25) is 0 Å². The second-order valence-electron chi connectivity index (χ2n) is 4.69. The molecule has 0 N–H and O–H groups in total. The van der Waals surface area contributed by atoms with Crippen molar-refractivity contribution in [1.29, 1.82) is 0 Å². The molecular formula is C17H26ClNO2. The first-order valence-corrected chi connectivity index (χ1v) is 7.95. The minimum Gasteiger partial charge on any atom is -0.337 e. The molecule has 0 aromatic heterocycles. The van der Waals surface area contributed by atoms with Crippen LogP contribution in [-0.4, -0.2) is 29.0 Å². The van der Waals surface area contributed by atoms with Crippen LogP contribution < -0.4 is 0 Å². The number of amides is 1. The third-order valence-electron chi connectivity index (χ3n) is 2.89. The van der Waals surface area contributed by atoms with E-state index in [4.69, 9.17) is 11.6 Å². The van der Waals surface area contributed by atoms with Crippen molar-refractivity contribution in [2.24, 2.45) is 0 Å². The molecule has 0 radical (unpaired) electrons. The molecule has 4 heteroatoms. The minimum absolute atomic E-state index is 0.0172. The Morgan fingerprint density at radius 2 is 1.67 bits per heavy atom. The first kappa shape index (κ1) is 19.7. The molecule has 1 aromatic rings. The van der Waals surface area contributed by atoms with Gasteiger partial charge in [-0.1, -0.05) is 43.7 Å². The number of benzene rings is 1. The Morgan fingerprint density at radius 3 is 2.14 bits per heavy atom. The molecule has 0 spiro atoms. The summed E-state index contributed by atoms with van der Waals surface area (Å²) in [4.78, 5) is 24.7. The van der Waals surface area contributed by atoms with E-state index in [1.54, 1.807) is 4.90 Å². The molecule has 0 aliphatic heterocycles. The van der Waals surface area contributed by atoms with Crippen LogP contribution in [0.5, 0.6) is 0 Å². The van der Waals surface area contributed by atoms with Gasteiger partial charge in [-0.05, 0) is 19.4 Å². The molecule has 0 heterocycles. The first-order valence-electron chi connectivity index (χ1n) is 7.41. The summed E-state index contributed by atoms with van der Waals surface area (Å²) in [7, 11) is 0. The van der Waals surface area contributed by atoms with Gasteiger partial charge in [-0.15, -0.1) is 11.6 Å². The molecule has 0 saturated heterocycles. The molecule has 1 aromatic carbocycles. The summed E-state index contributed by atoms with van der Waals surface area (Å²) in [5, 5.41) is 0. The van der Waals surface area contributed by atoms with E-state index < -0.39 is 0 Å². The quantitative estimate of drug-likeness (QED) is 0.715. The number of aryl methyl sites for hydroxylation is 1. The zero-order valence-corrected chi connectivity index (χ0v) is 14.2. The fourth-order valence-electron chi connectivity index (χ4n) is 1.75. The molecule has 118 valence electrons. The van der Waals surface area contributed by atoms with Gasteiger partial charge >= 0.3 is 0 Å². The number of halogens is 1. The number of carbonyl (C=O) groups excluding carboxylic acids is 2. The highest BCUT2D eigenvalue weighted by atomic mass is 35.5. The standard InChI is InChI=1S/C15H20ClNO2.C2H6/c1-12-3-6-14(7-4-12)11-17(10-9-16)15(19)8-5-13(2)18;1-2/h3-4,6-7H,5,8-11H2,1-2H3;1-2H3. The second kappa shape index (κ2) is 11.3. The zero-order valence-electron chi connectivity index (χ0n) is 13.5. The third-order valence-corrected chi connectivity index (χ3v) is 3.06. The lowest BCUT2D eigenvalue weighted by molar-refractivity contribution is -0.133. The summed E-state index contributed by atoms with van der Waals surface area (Å²) in [5.41, 5.74) is 2.27. The molecular weight excluding hydrogens is 286 g/mol. The van der Waals surface area contributed by atoms with Crippen LogP contribution >= 0.6 is 11.6 Å². The van der Waals surface area contributed by atoms with E-state index in [1.165, 1.54) is 12.5 Å². The minimum atomic E-state index is -0.0172. The molecule has 0 saturated carbocycles. The van der Waals surface area contributed by atoms with Crippen molar-refractivity contribution in [3.63, 3.8) is 0 Å². The van der Waals surface area contributed by atoms with Crippen molar-refractivity contribution >= 4 is 23.3 Å². The molecule has 0 fully saturated rings. The van der Waals surface area contributed by atoms with Crippen molar-refractivity contribution in [3.8, 4) is 0 Å². The Hall–Kier alpha value is -1.35. The maximum Gasteiger partial charge on any atom is 0.223 e. The zero-order chi connectivity index (χ0) is 16.3. The normalized spacial score (nSPS) is 9.57. The number of carbonyl (C=O) groups is 2. The maximum absolute atomic E-state index is 12.0. The lowest BCUT2D eigenvalue weighted by Crippen LogP contribution is -2.32. The third kappa shape index (κ3) is 8.51. The summed E-state index contributed by atoms with van der Waals surface area (Å²) in [6.45, 7) is 8.58. The van der Waals surface area contributed by atoms with Gasteiger partial charge in [0.05, 0.1) is 0 Å². The predicted octanol–water partition coefficient (Wildman–Crippen LogP) is 3.96. The number of rotatable bonds is 7. The largest absolute Gasteiger partial charge is 0.337 e. The van der Waals surface area contributed by atoms with E-state index >= 15 is 0 Å². The van der Waals surface area contributed by atoms with E-state index in [1.807, 2.05) is 45.0 Å². The summed E-state index contributed by atoms with van der Waals surface area (Å²) >= 11 is 5.73. The van der Waals surface area contributed by atoms with Crippen LogP contribution in [-0.2, 0) is 16.1 Å². The summed E-state index contributed by atoms with van der Waals surface area (Å²) < 4.78 is 0. The van der Waals surface area contributed by atoms with Gasteiger partial charge in [0.2, 0.25) is 5.91 Å². The second-order valence-corrected chi connectivity index (χ2v) is 5.07. The highest BCUT2D eigenvalue weighted by Gasteiger charge is 2.13. The molecule has 0 atom stereocenters. The average Bonchev–Trinajstić information content (AvgIpc) is 2.48. The molecule has 21 heavy (non-hydrogen) atoms. The number of nitrogens with zero attached hydrogens (tertiary/aromatic N) is 1. The number of alkyl halides is 1. The highest BCUT2D eigenvalue weighted by molar-refractivity contribution is 6.18. The van der Waals surface area contributed by atoms with Crippen LogP contribution in [0.15, 0.2) is 24.3 Å². The van der Waals surface area contributed by atoms with Crippen molar-refractivity contribution in [2.45, 2.75) is 47.1 Å². The lowest BCUT2D eigenvalue weighted by atomic mass is 10.1. The van der Waals surface area contributed by atoms with E-state index in [9.17, 15) is 9.59 Å². The molecule has 0 unspecified atom stereocenters. The van der Waals surface area contributed by atoms with Crippen LogP contribution in [0, 0.1) is 6.92 Å². The van der Waals surface area contributed by atoms with E-state index in [2.05, 4.69) is 0 Å². The van der Waals surface area contributed by atoms with Gasteiger partial charge in [-0.3, -0.25) is 4.79 Å². The van der Waals surface area contributed by atoms with E-state index in [0.29, 0.717) is 25.4 Å². The Balaban J connectivity index is 0.00000191. The van der Waals surface area contributed by atoms with Crippen LogP contribution in [0.25, 0.3) is 0 Å². The van der Waals surface area contributed by atoms with Gasteiger partial charge < -0.3 is 9.69 Å². The lowest BCUT2D eigenvalue weighted by Gasteiger charge is -2.21. The average molecular weight is 312 g/mol. The Morgan fingerprint density at radius 1 is 1.10 bits per heavy atom. The summed E-state index contributed by atoms with van der Waals surface area (Å²) in [6, 6.07) is 8.06. The van der Waals surface area contributed by atoms with Gasteiger partial charge in [0.15, 0.2) is 0 Å². The van der Waals surface area contributed by atoms with Gasteiger partial charge in [0, 0.05) is 31.8 Å². The molecule has 1 rings (SSSR count). The van der Waals surface area contributed by atoms with E-state index in [0.717, 1.165) is 5.56 Å². The number of hydrogen-bond acceptors (Lipinski definition) is 2. The van der Waals surface area contributed by atoms with Crippen LogP contribution in [0.3, 0.4) is 0 Å². The molecule has 0 aliphatic carbocycles. The monoisotopic (exact) mass is 311 g/mol. The van der Waals surface area contributed by atoms with Crippen molar-refractivity contribution in [3.05, 3.63) is 35.4 Å². The molecule has 3 nitrogen and oxygen atoms in total. The SMILES string of the molecule is CC.CC(=O)CCC(=O)N(CCCl)Cc1ccc(C)cc1. The number of hydrogen-bond donors (Lipinski definition) is 0. The van der Waals surface area contributed by atoms with Gasteiger partial charge in [-0.2, -0.15) is 0 Å². The van der Waals surface area contributed by atoms with Gasteiger partial charge in [0.1, 0.15) is 5.78 Å². The Kier molecular flexibility index (Phi) is 10.6. The summed E-state index contributed by atoms with van der Waals surface area (Å²) in [5.74, 6) is 0.420.